The van der Waals surface area contributed by atoms with Crippen molar-refractivity contribution in [3.8, 4) is 0 Å². The number of ether oxygens (including phenoxy) is 1. The van der Waals surface area contributed by atoms with Crippen LogP contribution in [0.2, 0.25) is 0 Å². The Bertz CT molecular complexity index is 539. The van der Waals surface area contributed by atoms with Crippen molar-refractivity contribution in [3.63, 3.8) is 0 Å². The van der Waals surface area contributed by atoms with Gasteiger partial charge in [-0.3, -0.25) is 0 Å². The Morgan fingerprint density at radius 1 is 1.55 bits per heavy atom. The van der Waals surface area contributed by atoms with Crippen LogP contribution in [0.3, 0.4) is 0 Å². The Balaban J connectivity index is 2.06. The maximum absolute atomic E-state index is 12.5. The summed E-state index contributed by atoms with van der Waals surface area (Å²) < 4.78 is 31.7. The van der Waals surface area contributed by atoms with Crippen molar-refractivity contribution in [2.24, 2.45) is 0 Å². The average Bonchev–Trinajstić information content (AvgIpc) is 3.05. The first-order valence-electron chi connectivity index (χ1n) is 6.87. The fraction of sp³-hybridized carbons (Fsp3) is 0.692. The topological polar surface area (TPSA) is 74.4 Å². The van der Waals surface area contributed by atoms with Crippen LogP contribution < -0.4 is 5.32 Å². The smallest absolute Gasteiger partial charge is 0.244 e. The van der Waals surface area contributed by atoms with Gasteiger partial charge in [0.2, 0.25) is 10.0 Å². The monoisotopic (exact) mass is 301 g/mol. The standard InChI is InChI=1S/C13H23N3O3S/c1-10(2)14-7-11-6-13(8-15-11)20(17,18)16-5-4-12(9-16)19-3/h6,8,10,12,14-15H,4-5,7,9H2,1-3H3. The van der Waals surface area contributed by atoms with Crippen LogP contribution in [-0.4, -0.2) is 50.1 Å². The lowest BCUT2D eigenvalue weighted by Gasteiger charge is -2.14. The van der Waals surface area contributed by atoms with E-state index in [1.807, 2.05) is 0 Å². The zero-order valence-corrected chi connectivity index (χ0v) is 13.0. The van der Waals surface area contributed by atoms with Crippen LogP contribution in [0.25, 0.3) is 0 Å². The summed E-state index contributed by atoms with van der Waals surface area (Å²) in [5.41, 5.74) is 0.875. The predicted octanol–water partition coefficient (Wildman–Crippen LogP) is 0.922. The lowest BCUT2D eigenvalue weighted by Crippen LogP contribution is -2.29. The molecule has 1 fully saturated rings. The van der Waals surface area contributed by atoms with E-state index >= 15 is 0 Å². The second-order valence-electron chi connectivity index (χ2n) is 5.41. The second kappa shape index (κ2) is 6.26. The zero-order chi connectivity index (χ0) is 14.8. The molecule has 20 heavy (non-hydrogen) atoms. The largest absolute Gasteiger partial charge is 0.380 e. The molecular weight excluding hydrogens is 278 g/mol. The molecule has 1 aliphatic rings. The molecule has 0 amide bonds. The number of rotatable bonds is 6. The molecule has 2 heterocycles. The Kier molecular flexibility index (Phi) is 4.85. The van der Waals surface area contributed by atoms with Gasteiger partial charge in [-0.25, -0.2) is 8.42 Å². The van der Waals surface area contributed by atoms with Crippen LogP contribution in [0.1, 0.15) is 26.0 Å². The van der Waals surface area contributed by atoms with E-state index in [-0.39, 0.29) is 6.10 Å². The van der Waals surface area contributed by atoms with Gasteiger partial charge in [0.1, 0.15) is 0 Å². The minimum atomic E-state index is -3.41. The van der Waals surface area contributed by atoms with Crippen molar-refractivity contribution in [1.29, 1.82) is 0 Å². The summed E-state index contributed by atoms with van der Waals surface area (Å²) in [5, 5.41) is 3.25. The van der Waals surface area contributed by atoms with Gasteiger partial charge < -0.3 is 15.0 Å². The minimum Gasteiger partial charge on any atom is -0.380 e. The summed E-state index contributed by atoms with van der Waals surface area (Å²) in [6, 6.07) is 2.06. The quantitative estimate of drug-likeness (QED) is 0.819. The molecule has 6 nitrogen and oxygen atoms in total. The molecule has 0 aromatic carbocycles. The number of aromatic amines is 1. The molecule has 1 atom stereocenters. The lowest BCUT2D eigenvalue weighted by molar-refractivity contribution is 0.115. The van der Waals surface area contributed by atoms with Crippen LogP contribution in [0, 0.1) is 0 Å². The van der Waals surface area contributed by atoms with Gasteiger partial charge in [0.05, 0.1) is 11.0 Å². The van der Waals surface area contributed by atoms with Crippen molar-refractivity contribution in [3.05, 3.63) is 18.0 Å². The van der Waals surface area contributed by atoms with Crippen molar-refractivity contribution < 1.29 is 13.2 Å². The van der Waals surface area contributed by atoms with E-state index in [4.69, 9.17) is 4.74 Å². The predicted molar refractivity (Wildman–Crippen MR) is 76.9 cm³/mol. The third-order valence-electron chi connectivity index (χ3n) is 3.50. The van der Waals surface area contributed by atoms with Crippen molar-refractivity contribution in [2.45, 2.75) is 43.9 Å². The number of sulfonamides is 1. The number of methoxy groups -OCH3 is 1. The van der Waals surface area contributed by atoms with E-state index in [0.717, 1.165) is 12.1 Å². The molecule has 0 spiro atoms. The fourth-order valence-electron chi connectivity index (χ4n) is 2.24. The number of hydrogen-bond donors (Lipinski definition) is 2. The summed E-state index contributed by atoms with van der Waals surface area (Å²) in [5.74, 6) is 0. The van der Waals surface area contributed by atoms with Gasteiger partial charge in [-0.15, -0.1) is 0 Å². The minimum absolute atomic E-state index is 0.00537. The van der Waals surface area contributed by atoms with Gasteiger partial charge in [0.25, 0.3) is 0 Å². The fourth-order valence-corrected chi connectivity index (χ4v) is 3.75. The maximum Gasteiger partial charge on any atom is 0.244 e. The SMILES string of the molecule is COC1CCN(S(=O)(=O)c2c[nH]c(CNC(C)C)c2)C1. The van der Waals surface area contributed by atoms with Gasteiger partial charge in [0.15, 0.2) is 0 Å². The first kappa shape index (κ1) is 15.5. The number of nitrogens with one attached hydrogen (secondary N) is 2. The molecule has 114 valence electrons. The summed E-state index contributed by atoms with van der Waals surface area (Å²) in [7, 11) is -1.79. The second-order valence-corrected chi connectivity index (χ2v) is 7.34. The lowest BCUT2D eigenvalue weighted by atomic mass is 10.3. The van der Waals surface area contributed by atoms with Crippen molar-refractivity contribution >= 4 is 10.0 Å². The number of hydrogen-bond acceptors (Lipinski definition) is 4. The molecule has 7 heteroatoms. The molecule has 1 unspecified atom stereocenters. The molecular formula is C13H23N3O3S. The van der Waals surface area contributed by atoms with E-state index in [2.05, 4.69) is 24.1 Å². The van der Waals surface area contributed by atoms with Crippen LogP contribution in [-0.2, 0) is 21.3 Å². The normalized spacial score (nSPS) is 20.9. The summed E-state index contributed by atoms with van der Waals surface area (Å²) in [4.78, 5) is 3.34. The highest BCUT2D eigenvalue weighted by atomic mass is 32.2. The number of H-pyrrole nitrogens is 1. The number of nitrogens with zero attached hydrogens (tertiary/aromatic N) is 1. The molecule has 0 bridgehead atoms. The van der Waals surface area contributed by atoms with E-state index < -0.39 is 10.0 Å². The van der Waals surface area contributed by atoms with E-state index in [9.17, 15) is 8.42 Å². The molecule has 1 saturated heterocycles. The van der Waals surface area contributed by atoms with E-state index in [0.29, 0.717) is 30.6 Å². The van der Waals surface area contributed by atoms with Gasteiger partial charge in [-0.05, 0) is 12.5 Å². The average molecular weight is 301 g/mol. The third-order valence-corrected chi connectivity index (χ3v) is 5.34. The van der Waals surface area contributed by atoms with Crippen LogP contribution in [0.4, 0.5) is 0 Å². The Labute approximate surface area is 120 Å². The Morgan fingerprint density at radius 2 is 2.30 bits per heavy atom. The molecule has 0 saturated carbocycles. The van der Waals surface area contributed by atoms with Crippen LogP contribution >= 0.6 is 0 Å². The zero-order valence-electron chi connectivity index (χ0n) is 12.2. The molecule has 0 radical (unpaired) electrons. The first-order valence-corrected chi connectivity index (χ1v) is 8.31. The molecule has 1 aromatic heterocycles. The summed E-state index contributed by atoms with van der Waals surface area (Å²) in [6.07, 6.45) is 2.32. The Morgan fingerprint density at radius 3 is 2.90 bits per heavy atom. The van der Waals surface area contributed by atoms with Crippen molar-refractivity contribution in [1.82, 2.24) is 14.6 Å². The summed E-state index contributed by atoms with van der Waals surface area (Å²) in [6.45, 7) is 5.69. The van der Waals surface area contributed by atoms with Crippen LogP contribution in [0.15, 0.2) is 17.2 Å². The third kappa shape index (κ3) is 3.41. The van der Waals surface area contributed by atoms with Gasteiger partial charge in [-0.2, -0.15) is 4.31 Å². The molecule has 2 N–H and O–H groups in total. The van der Waals surface area contributed by atoms with Crippen molar-refractivity contribution in [2.75, 3.05) is 20.2 Å². The van der Waals surface area contributed by atoms with E-state index in [1.54, 1.807) is 19.4 Å². The Hall–Kier alpha value is -0.890. The molecule has 0 aliphatic carbocycles. The first-order chi connectivity index (χ1) is 9.43. The van der Waals surface area contributed by atoms with Gasteiger partial charge in [-0.1, -0.05) is 13.8 Å². The number of aromatic nitrogens is 1. The molecule has 1 aliphatic heterocycles. The highest BCUT2D eigenvalue weighted by Gasteiger charge is 2.33. The highest BCUT2D eigenvalue weighted by Crippen LogP contribution is 2.22. The highest BCUT2D eigenvalue weighted by molar-refractivity contribution is 7.89. The summed E-state index contributed by atoms with van der Waals surface area (Å²) >= 11 is 0. The maximum atomic E-state index is 12.5. The van der Waals surface area contributed by atoms with Crippen LogP contribution in [0.5, 0.6) is 0 Å². The molecule has 1 aromatic rings. The van der Waals surface area contributed by atoms with Gasteiger partial charge >= 0.3 is 0 Å². The van der Waals surface area contributed by atoms with E-state index in [1.165, 1.54) is 4.31 Å². The van der Waals surface area contributed by atoms with Gasteiger partial charge in [0, 0.05) is 44.7 Å². The molecule has 2 rings (SSSR count).